The van der Waals surface area contributed by atoms with Gasteiger partial charge in [-0.2, -0.15) is 0 Å². The highest BCUT2D eigenvalue weighted by molar-refractivity contribution is 6.07. The average molecular weight is 423 g/mol. The zero-order chi connectivity index (χ0) is 22.1. The predicted molar refractivity (Wildman–Crippen MR) is 131 cm³/mol. The molecule has 0 radical (unpaired) electrons. The fraction of sp³-hybridized carbons (Fsp3) is 0.231. The van der Waals surface area contributed by atoms with Crippen molar-refractivity contribution in [3.05, 3.63) is 66.9 Å². The molecule has 5 heterocycles. The van der Waals surface area contributed by atoms with Crippen molar-refractivity contribution < 1.29 is 0 Å². The molecule has 0 atom stereocenters. The van der Waals surface area contributed by atoms with Crippen molar-refractivity contribution in [1.82, 2.24) is 24.9 Å². The Morgan fingerprint density at radius 1 is 0.844 bits per heavy atom. The number of aromatic nitrogens is 5. The number of hydrogen-bond acceptors (Lipinski definition) is 5. The fourth-order valence-electron chi connectivity index (χ4n) is 4.25. The van der Waals surface area contributed by atoms with E-state index in [9.17, 15) is 0 Å². The Kier molecular flexibility index (Phi) is 5.27. The number of nitrogens with zero attached hydrogens (tertiary/aromatic N) is 5. The van der Waals surface area contributed by atoms with Gasteiger partial charge in [-0.25, -0.2) is 9.97 Å². The number of aryl methyl sites for hydroxylation is 1. The van der Waals surface area contributed by atoms with E-state index >= 15 is 0 Å². The third-order valence-electron chi connectivity index (χ3n) is 6.05. The van der Waals surface area contributed by atoms with Gasteiger partial charge in [0.15, 0.2) is 0 Å². The van der Waals surface area contributed by atoms with Crippen LogP contribution in [0.3, 0.4) is 0 Å². The topological polar surface area (TPSA) is 70.6 Å². The molecule has 0 aliphatic carbocycles. The molecule has 0 spiro atoms. The second-order valence-corrected chi connectivity index (χ2v) is 7.83. The molecule has 6 nitrogen and oxygen atoms in total. The van der Waals surface area contributed by atoms with Gasteiger partial charge in [-0.3, -0.25) is 9.97 Å². The van der Waals surface area contributed by atoms with Crippen molar-refractivity contribution in [3.8, 4) is 22.4 Å². The Balaban J connectivity index is 1.63. The summed E-state index contributed by atoms with van der Waals surface area (Å²) in [4.78, 5) is 24.0. The molecule has 0 unspecified atom stereocenters. The molecule has 5 aromatic heterocycles. The van der Waals surface area contributed by atoms with Gasteiger partial charge in [-0.05, 0) is 56.2 Å². The molecule has 0 fully saturated rings. The first kappa shape index (κ1) is 20.1. The van der Waals surface area contributed by atoms with Crippen LogP contribution in [0, 0.1) is 0 Å². The van der Waals surface area contributed by atoms with Gasteiger partial charge in [0.25, 0.3) is 0 Å². The Morgan fingerprint density at radius 3 is 2.47 bits per heavy atom. The van der Waals surface area contributed by atoms with E-state index in [0.717, 1.165) is 69.6 Å². The van der Waals surface area contributed by atoms with Crippen LogP contribution in [-0.2, 0) is 6.42 Å². The molecule has 5 aromatic rings. The van der Waals surface area contributed by atoms with Gasteiger partial charge in [0, 0.05) is 65.3 Å². The van der Waals surface area contributed by atoms with Gasteiger partial charge in [0.1, 0.15) is 11.5 Å². The van der Waals surface area contributed by atoms with Gasteiger partial charge in [0.2, 0.25) is 0 Å². The zero-order valence-electron chi connectivity index (χ0n) is 18.6. The second-order valence-electron chi connectivity index (χ2n) is 7.83. The van der Waals surface area contributed by atoms with E-state index in [4.69, 9.17) is 9.97 Å². The van der Waals surface area contributed by atoms with Gasteiger partial charge >= 0.3 is 0 Å². The number of hydrogen-bond donors (Lipinski definition) is 1. The first-order chi connectivity index (χ1) is 15.7. The summed E-state index contributed by atoms with van der Waals surface area (Å²) in [7, 11) is 0. The molecule has 32 heavy (non-hydrogen) atoms. The zero-order valence-corrected chi connectivity index (χ0v) is 18.6. The normalized spacial score (nSPS) is 11.3. The van der Waals surface area contributed by atoms with Crippen molar-refractivity contribution in [2.24, 2.45) is 0 Å². The maximum Gasteiger partial charge on any atom is 0.138 e. The van der Waals surface area contributed by atoms with Gasteiger partial charge in [0.05, 0.1) is 17.4 Å². The fourth-order valence-corrected chi connectivity index (χ4v) is 4.25. The van der Waals surface area contributed by atoms with Crippen molar-refractivity contribution in [2.75, 3.05) is 18.0 Å². The molecule has 0 aliphatic rings. The number of nitrogens with one attached hydrogen (secondary N) is 1. The minimum Gasteiger partial charge on any atom is -0.357 e. The molecule has 0 amide bonds. The summed E-state index contributed by atoms with van der Waals surface area (Å²) >= 11 is 0. The molecule has 0 saturated heterocycles. The van der Waals surface area contributed by atoms with Crippen LogP contribution in [0.25, 0.3) is 44.3 Å². The van der Waals surface area contributed by atoms with Crippen LogP contribution < -0.4 is 4.90 Å². The van der Waals surface area contributed by atoms with E-state index in [2.05, 4.69) is 58.8 Å². The lowest BCUT2D eigenvalue weighted by molar-refractivity contribution is 0.844. The summed E-state index contributed by atoms with van der Waals surface area (Å²) in [6, 6.07) is 10.5. The maximum atomic E-state index is 4.76. The Morgan fingerprint density at radius 2 is 1.72 bits per heavy atom. The average Bonchev–Trinajstić information content (AvgIpc) is 3.22. The third kappa shape index (κ3) is 3.47. The predicted octanol–water partition coefficient (Wildman–Crippen LogP) is 5.64. The molecular formula is C26H26N6. The summed E-state index contributed by atoms with van der Waals surface area (Å²) < 4.78 is 0. The van der Waals surface area contributed by atoms with Crippen LogP contribution >= 0.6 is 0 Å². The van der Waals surface area contributed by atoms with Crippen LogP contribution in [0.4, 0.5) is 5.82 Å². The number of fused-ring (bicyclic) bond motifs is 3. The highest BCUT2D eigenvalue weighted by Crippen LogP contribution is 2.32. The van der Waals surface area contributed by atoms with Crippen molar-refractivity contribution in [2.45, 2.75) is 27.2 Å². The number of rotatable bonds is 6. The van der Waals surface area contributed by atoms with E-state index < -0.39 is 0 Å². The number of H-pyrrole nitrogens is 1. The van der Waals surface area contributed by atoms with Gasteiger partial charge < -0.3 is 9.88 Å². The summed E-state index contributed by atoms with van der Waals surface area (Å²) in [6.07, 6.45) is 10.3. The summed E-state index contributed by atoms with van der Waals surface area (Å²) in [6.45, 7) is 8.40. The molecule has 0 bridgehead atoms. The summed E-state index contributed by atoms with van der Waals surface area (Å²) in [5, 5.41) is 2.19. The Labute approximate surface area is 187 Å². The highest BCUT2D eigenvalue weighted by Gasteiger charge is 2.13. The molecule has 0 aliphatic heterocycles. The lowest BCUT2D eigenvalue weighted by Crippen LogP contribution is -2.23. The second kappa shape index (κ2) is 8.38. The first-order valence-corrected chi connectivity index (χ1v) is 11.1. The van der Waals surface area contributed by atoms with E-state index in [0.29, 0.717) is 0 Å². The molecule has 1 N–H and O–H groups in total. The number of anilines is 1. The van der Waals surface area contributed by atoms with Gasteiger partial charge in [-0.15, -0.1) is 0 Å². The minimum atomic E-state index is 0.861. The standard InChI is InChI=1S/C26H26N6/c1-4-17-11-25(32(5-2)6-3)29-15-22(17)19-10-21-20-12-23(18-8-7-9-27-13-18)28-16-24(20)31-26(21)30-14-19/h7-16H,4-6H2,1-3H3,(H,30,31). The number of pyridine rings is 4. The molecule has 160 valence electrons. The van der Waals surface area contributed by atoms with E-state index in [1.165, 1.54) is 5.56 Å². The SMILES string of the molecule is CCc1cc(N(CC)CC)ncc1-c1cnc2[nH]c3cnc(-c4cccnc4)cc3c2c1. The summed E-state index contributed by atoms with van der Waals surface area (Å²) in [5.74, 6) is 1.03. The number of aromatic amines is 1. The van der Waals surface area contributed by atoms with E-state index in [-0.39, 0.29) is 0 Å². The minimum absolute atomic E-state index is 0.861. The van der Waals surface area contributed by atoms with Gasteiger partial charge in [-0.1, -0.05) is 6.92 Å². The van der Waals surface area contributed by atoms with E-state index in [1.54, 1.807) is 6.20 Å². The van der Waals surface area contributed by atoms with Crippen molar-refractivity contribution in [3.63, 3.8) is 0 Å². The lowest BCUT2D eigenvalue weighted by atomic mass is 10.00. The maximum absolute atomic E-state index is 4.76. The summed E-state index contributed by atoms with van der Waals surface area (Å²) in [5.41, 5.74) is 7.22. The molecule has 0 aromatic carbocycles. The quantitative estimate of drug-likeness (QED) is 0.383. The third-order valence-corrected chi connectivity index (χ3v) is 6.05. The smallest absolute Gasteiger partial charge is 0.138 e. The van der Waals surface area contributed by atoms with Crippen LogP contribution in [0.2, 0.25) is 0 Å². The molecular weight excluding hydrogens is 396 g/mol. The van der Waals surface area contributed by atoms with Crippen LogP contribution in [0.1, 0.15) is 26.3 Å². The largest absolute Gasteiger partial charge is 0.357 e. The van der Waals surface area contributed by atoms with Crippen molar-refractivity contribution in [1.29, 1.82) is 0 Å². The van der Waals surface area contributed by atoms with Crippen molar-refractivity contribution >= 4 is 27.8 Å². The molecule has 0 saturated carbocycles. The highest BCUT2D eigenvalue weighted by atomic mass is 15.2. The molecule has 6 heteroatoms. The first-order valence-electron chi connectivity index (χ1n) is 11.1. The Bertz CT molecular complexity index is 1390. The van der Waals surface area contributed by atoms with Crippen LogP contribution in [0.15, 0.2) is 61.3 Å². The Hall–Kier alpha value is -3.80. The molecule has 5 rings (SSSR count). The van der Waals surface area contributed by atoms with E-state index in [1.807, 2.05) is 36.9 Å². The van der Waals surface area contributed by atoms with Crippen LogP contribution in [0.5, 0.6) is 0 Å². The monoisotopic (exact) mass is 422 g/mol. The lowest BCUT2D eigenvalue weighted by Gasteiger charge is -2.21. The van der Waals surface area contributed by atoms with Crippen LogP contribution in [-0.4, -0.2) is 38.0 Å².